The third kappa shape index (κ3) is 2620. The number of hydrogen-bond donors (Lipinski definition) is 2. The van der Waals surface area contributed by atoms with Crippen LogP contribution in [0.25, 0.3) is 0 Å². The Labute approximate surface area is 125 Å². The molecule has 0 saturated carbocycles. The van der Waals surface area contributed by atoms with E-state index in [1.54, 1.807) is 28.4 Å². The molecule has 0 saturated heterocycles. The van der Waals surface area contributed by atoms with Gasteiger partial charge < -0.3 is 44.9 Å². The van der Waals surface area contributed by atoms with Crippen molar-refractivity contribution in [2.24, 2.45) is 0 Å². The van der Waals surface area contributed by atoms with E-state index in [1.165, 1.54) is 7.11 Å². The number of carbonyl (C=O) groups excluding carboxylic acids is 2. The van der Waals surface area contributed by atoms with Gasteiger partial charge in [0.1, 0.15) is 13.6 Å². The molecule has 136 valence electrons. The fraction of sp³-hybridized carbons (Fsp3) is 0.700. The molecule has 11 heteroatoms. The molecule has 0 fully saturated rings. The van der Waals surface area contributed by atoms with Crippen molar-refractivity contribution in [3.8, 4) is 0 Å². The third-order valence-corrected chi connectivity index (χ3v) is 0.332. The maximum absolute atomic E-state index is 8.95. The normalized spacial score (nSPS) is 4.90. The highest BCUT2D eigenvalue weighted by molar-refractivity contribution is 5.36. The average Bonchev–Trinajstić information content (AvgIpc) is 2.46. The lowest BCUT2D eigenvalue weighted by molar-refractivity contribution is -0.126. The first-order valence-electron chi connectivity index (χ1n) is 4.32. The molecule has 0 spiro atoms. The molecule has 0 rings (SSSR count). The van der Waals surface area contributed by atoms with E-state index in [2.05, 4.69) is 18.9 Å². The summed E-state index contributed by atoms with van der Waals surface area (Å²) in [6.07, 6.45) is 0. The van der Waals surface area contributed by atoms with Crippen molar-refractivity contribution in [1.82, 2.24) is 0 Å². The predicted molar refractivity (Wildman–Crippen MR) is 76.1 cm³/mol. The van der Waals surface area contributed by atoms with Gasteiger partial charge in [-0.05, 0) is 0 Å². The Morgan fingerprint density at radius 2 is 1.05 bits per heavy atom. The van der Waals surface area contributed by atoms with Crippen LogP contribution in [0.2, 0.25) is 0 Å². The van der Waals surface area contributed by atoms with E-state index in [1.807, 2.05) is 6.79 Å². The molecule has 21 heavy (non-hydrogen) atoms. The summed E-state index contributed by atoms with van der Waals surface area (Å²) in [4.78, 5) is 25.3. The quantitative estimate of drug-likeness (QED) is 0.426. The van der Waals surface area contributed by atoms with Gasteiger partial charge in [-0.1, -0.05) is 0 Å². The van der Waals surface area contributed by atoms with Gasteiger partial charge in [-0.3, -0.25) is 9.59 Å². The fourth-order valence-electron chi connectivity index (χ4n) is 0.118. The highest BCUT2D eigenvalue weighted by Gasteiger charge is 1.63. The van der Waals surface area contributed by atoms with Gasteiger partial charge in [0.2, 0.25) is 0 Å². The van der Waals surface area contributed by atoms with Crippen molar-refractivity contribution in [2.75, 3.05) is 49.5 Å². The summed E-state index contributed by atoms with van der Waals surface area (Å²) in [5.74, 6) is 0. The number of carbonyl (C=O) groups is 3. The second kappa shape index (κ2) is 192. The van der Waals surface area contributed by atoms with E-state index in [4.69, 9.17) is 24.6 Å². The Morgan fingerprint density at radius 1 is 0.905 bits per heavy atom. The summed E-state index contributed by atoms with van der Waals surface area (Å²) in [5.41, 5.74) is 0. The summed E-state index contributed by atoms with van der Waals surface area (Å²) < 4.78 is 17.0. The van der Waals surface area contributed by atoms with Crippen molar-refractivity contribution >= 4 is 19.7 Å². The number of carboxylic acid groups (broad SMARTS) is 1. The Kier molecular flexibility index (Phi) is 463. The smallest absolute Gasteiger partial charge is 0.292 e. The van der Waals surface area contributed by atoms with Crippen molar-refractivity contribution < 1.29 is 54.5 Å². The number of ether oxygens (including phenoxy) is 4. The van der Waals surface area contributed by atoms with Gasteiger partial charge in [-0.15, -0.1) is 0 Å². The van der Waals surface area contributed by atoms with Crippen LogP contribution in [0.5, 0.6) is 0 Å². The second-order valence-corrected chi connectivity index (χ2v) is 1.54. The van der Waals surface area contributed by atoms with Crippen molar-refractivity contribution in [3.05, 3.63) is 0 Å². The molecule has 0 aliphatic carbocycles. The molecule has 0 aromatic rings. The number of aliphatic hydroxyl groups is 1. The monoisotopic (exact) mass is 326 g/mol. The maximum atomic E-state index is 8.95. The van der Waals surface area contributed by atoms with Crippen molar-refractivity contribution in [2.45, 2.75) is 0 Å². The standard InChI is InChI=1S/C3H8O2.C2H4O2.C2H6O.CH2O2.CH4O.CH2O.2H2O/c1-4-3-5-2;1-4-2-3;1-3-2;2-1-3;2*1-2;;/h3H2,1-2H3;2H,1H3;1-2H3;1H,(H,2,3);2H,1H3;1H2;2*1H2. The molecule has 0 aromatic carbocycles. The maximum Gasteiger partial charge on any atom is 0.292 e. The Bertz CT molecular complexity index is 101. The molecule has 0 aliphatic rings. The minimum absolute atomic E-state index is 0. The summed E-state index contributed by atoms with van der Waals surface area (Å²) in [5, 5.41) is 13.9. The lowest BCUT2D eigenvalue weighted by Crippen LogP contribution is -1.87. The first-order chi connectivity index (χ1) is 9.16. The highest BCUT2D eigenvalue weighted by atomic mass is 16.6. The van der Waals surface area contributed by atoms with E-state index >= 15 is 0 Å². The number of hydrogen-bond acceptors (Lipinski definition) is 8. The number of aliphatic hydroxyl groups excluding tert-OH is 1. The van der Waals surface area contributed by atoms with Crippen LogP contribution in [0.3, 0.4) is 0 Å². The van der Waals surface area contributed by atoms with Gasteiger partial charge in [-0.25, -0.2) is 0 Å². The highest BCUT2D eigenvalue weighted by Crippen LogP contribution is 1.60. The van der Waals surface area contributed by atoms with Crippen LogP contribution >= 0.6 is 0 Å². The van der Waals surface area contributed by atoms with Crippen LogP contribution in [0, 0.1) is 0 Å². The second-order valence-electron chi connectivity index (χ2n) is 1.54. The zero-order valence-electron chi connectivity index (χ0n) is 13.3. The molecule has 0 aliphatic heterocycles. The van der Waals surface area contributed by atoms with Crippen molar-refractivity contribution in [1.29, 1.82) is 0 Å². The van der Waals surface area contributed by atoms with Gasteiger partial charge in [-0.2, -0.15) is 0 Å². The zero-order chi connectivity index (χ0) is 16.9. The summed E-state index contributed by atoms with van der Waals surface area (Å²) >= 11 is 0. The van der Waals surface area contributed by atoms with E-state index in [0.29, 0.717) is 13.3 Å². The number of methoxy groups -OCH3 is 4. The molecule has 0 heterocycles. The summed E-state index contributed by atoms with van der Waals surface area (Å²) in [6.45, 7) is 2.51. The minimum atomic E-state index is -0.250. The molecule has 0 aromatic heterocycles. The third-order valence-electron chi connectivity index (χ3n) is 0.332. The fourth-order valence-corrected chi connectivity index (χ4v) is 0.118. The summed E-state index contributed by atoms with van der Waals surface area (Å²) in [6, 6.07) is 0. The molecule has 0 atom stereocenters. The largest absolute Gasteiger partial charge is 0.483 e. The molecule has 0 amide bonds. The van der Waals surface area contributed by atoms with Crippen LogP contribution in [0.4, 0.5) is 0 Å². The van der Waals surface area contributed by atoms with Crippen LogP contribution in [0.15, 0.2) is 0 Å². The lowest BCUT2D eigenvalue weighted by Gasteiger charge is -1.87. The topological polar surface area (TPSA) is 192 Å². The van der Waals surface area contributed by atoms with Crippen LogP contribution < -0.4 is 0 Å². The summed E-state index contributed by atoms with van der Waals surface area (Å²) in [7, 11) is 8.74. The minimum Gasteiger partial charge on any atom is -0.483 e. The zero-order valence-corrected chi connectivity index (χ0v) is 13.3. The molecular formula is C10H30O11. The van der Waals surface area contributed by atoms with Gasteiger partial charge >= 0.3 is 0 Å². The lowest BCUT2D eigenvalue weighted by atomic mass is 11.4. The van der Waals surface area contributed by atoms with Crippen LogP contribution in [0.1, 0.15) is 0 Å². The van der Waals surface area contributed by atoms with E-state index < -0.39 is 0 Å². The van der Waals surface area contributed by atoms with E-state index in [9.17, 15) is 0 Å². The van der Waals surface area contributed by atoms with Crippen LogP contribution in [-0.2, 0) is 33.3 Å². The van der Waals surface area contributed by atoms with Gasteiger partial charge in [0.15, 0.2) is 0 Å². The van der Waals surface area contributed by atoms with Gasteiger partial charge in [0.25, 0.3) is 12.9 Å². The van der Waals surface area contributed by atoms with E-state index in [0.717, 1.165) is 7.11 Å². The van der Waals surface area contributed by atoms with Gasteiger partial charge in [0, 0.05) is 35.5 Å². The number of rotatable bonds is 3. The molecule has 6 N–H and O–H groups in total. The predicted octanol–water partition coefficient (Wildman–Crippen LogP) is -2.24. The first kappa shape index (κ1) is 50.6. The molecule has 0 radical (unpaired) electrons. The van der Waals surface area contributed by atoms with Crippen LogP contribution in [-0.4, -0.2) is 90.4 Å². The Hall–Kier alpha value is -1.63. The average molecular weight is 326 g/mol. The Morgan fingerprint density at radius 3 is 1.05 bits per heavy atom. The van der Waals surface area contributed by atoms with Gasteiger partial charge in [0.05, 0.1) is 7.11 Å². The molecule has 0 bridgehead atoms. The molecule has 11 nitrogen and oxygen atoms in total. The van der Waals surface area contributed by atoms with E-state index in [-0.39, 0.29) is 17.4 Å². The molecule has 0 unspecified atom stereocenters. The molecular weight excluding hydrogens is 296 g/mol. The first-order valence-corrected chi connectivity index (χ1v) is 4.32. The van der Waals surface area contributed by atoms with Crippen molar-refractivity contribution in [3.63, 3.8) is 0 Å². The Balaban J connectivity index is -0.0000000163. The SMILES string of the molecule is C=O.CO.COC.COC=O.COCOC.O.O.O=CO.